The molecule has 0 spiro atoms. The highest BCUT2D eigenvalue weighted by atomic mass is 127. The molecule has 70 valence electrons. The maximum Gasteiger partial charge on any atom is 0.115 e. The van der Waals surface area contributed by atoms with Crippen molar-refractivity contribution in [3.63, 3.8) is 0 Å². The van der Waals surface area contributed by atoms with Gasteiger partial charge in [-0.3, -0.25) is 0 Å². The SMILES string of the molecule is C=CC[N+](N)(CC=C)CC=C.[I-]. The van der Waals surface area contributed by atoms with E-state index in [4.69, 9.17) is 5.84 Å². The average Bonchev–Trinajstić information content (AvgIpc) is 1.88. The van der Waals surface area contributed by atoms with Gasteiger partial charge in [0.25, 0.3) is 0 Å². The minimum absolute atomic E-state index is 0. The van der Waals surface area contributed by atoms with Crippen LogP contribution in [0, 0.1) is 0 Å². The number of rotatable bonds is 6. The fourth-order valence-corrected chi connectivity index (χ4v) is 0.995. The van der Waals surface area contributed by atoms with Crippen LogP contribution in [-0.2, 0) is 0 Å². The van der Waals surface area contributed by atoms with Crippen molar-refractivity contribution in [1.82, 2.24) is 0 Å². The number of quaternary nitrogens is 1. The zero-order valence-corrected chi connectivity index (χ0v) is 9.53. The van der Waals surface area contributed by atoms with Crippen LogP contribution in [0.2, 0.25) is 0 Å². The fraction of sp³-hybridized carbons (Fsp3) is 0.333. The van der Waals surface area contributed by atoms with E-state index in [1.54, 1.807) is 0 Å². The van der Waals surface area contributed by atoms with E-state index in [0.717, 1.165) is 19.6 Å². The van der Waals surface area contributed by atoms with E-state index >= 15 is 0 Å². The van der Waals surface area contributed by atoms with Crippen molar-refractivity contribution in [3.05, 3.63) is 38.0 Å². The minimum Gasteiger partial charge on any atom is -1.00 e. The zero-order valence-electron chi connectivity index (χ0n) is 7.38. The fourth-order valence-electron chi connectivity index (χ4n) is 0.995. The number of hydrogen-bond acceptors (Lipinski definition) is 1. The highest BCUT2D eigenvalue weighted by Crippen LogP contribution is 1.97. The van der Waals surface area contributed by atoms with Crippen molar-refractivity contribution >= 4 is 0 Å². The van der Waals surface area contributed by atoms with Crippen LogP contribution in [0.15, 0.2) is 38.0 Å². The molecule has 0 radical (unpaired) electrons. The minimum atomic E-state index is 0. The van der Waals surface area contributed by atoms with Gasteiger partial charge in [-0.2, -0.15) is 5.84 Å². The molecule has 0 heterocycles. The Morgan fingerprint density at radius 1 is 0.917 bits per heavy atom. The van der Waals surface area contributed by atoms with E-state index in [1.165, 1.54) is 0 Å². The first-order chi connectivity index (χ1) is 5.18. The molecular weight excluding hydrogens is 263 g/mol. The number of hydrogen-bond donors (Lipinski definition) is 1. The van der Waals surface area contributed by atoms with Crippen molar-refractivity contribution < 1.29 is 28.6 Å². The van der Waals surface area contributed by atoms with Gasteiger partial charge in [-0.1, -0.05) is 19.7 Å². The summed E-state index contributed by atoms with van der Waals surface area (Å²) in [6, 6.07) is 0. The molecule has 0 aromatic rings. The third-order valence-electron chi connectivity index (χ3n) is 1.48. The summed E-state index contributed by atoms with van der Waals surface area (Å²) in [5.41, 5.74) is 0. The van der Waals surface area contributed by atoms with E-state index < -0.39 is 0 Å². The van der Waals surface area contributed by atoms with Gasteiger partial charge in [-0.05, 0) is 18.2 Å². The molecule has 0 aromatic carbocycles. The summed E-state index contributed by atoms with van der Waals surface area (Å²) in [6.45, 7) is 13.2. The van der Waals surface area contributed by atoms with Crippen molar-refractivity contribution in [1.29, 1.82) is 0 Å². The first-order valence-corrected chi connectivity index (χ1v) is 3.66. The van der Waals surface area contributed by atoms with Gasteiger partial charge in [0.2, 0.25) is 0 Å². The van der Waals surface area contributed by atoms with Crippen LogP contribution in [0.1, 0.15) is 0 Å². The van der Waals surface area contributed by atoms with E-state index in [0.29, 0.717) is 4.59 Å². The maximum absolute atomic E-state index is 5.95. The van der Waals surface area contributed by atoms with Crippen LogP contribution >= 0.6 is 0 Å². The molecular formula is C9H17IN2. The third kappa shape index (κ3) is 5.51. The molecule has 0 saturated heterocycles. The first-order valence-electron chi connectivity index (χ1n) is 3.66. The second kappa shape index (κ2) is 7.52. The molecule has 0 bridgehead atoms. The summed E-state index contributed by atoms with van der Waals surface area (Å²) >= 11 is 0. The van der Waals surface area contributed by atoms with Gasteiger partial charge in [0.15, 0.2) is 0 Å². The average molecular weight is 280 g/mol. The predicted octanol–water partition coefficient (Wildman–Crippen LogP) is -1.76. The lowest BCUT2D eigenvalue weighted by molar-refractivity contribution is -0.923. The van der Waals surface area contributed by atoms with Gasteiger partial charge in [-0.15, -0.1) is 0 Å². The molecule has 0 saturated carbocycles. The normalized spacial score (nSPS) is 9.75. The van der Waals surface area contributed by atoms with Crippen molar-refractivity contribution in [2.45, 2.75) is 0 Å². The van der Waals surface area contributed by atoms with Crippen LogP contribution in [0.5, 0.6) is 0 Å². The highest BCUT2D eigenvalue weighted by molar-refractivity contribution is 4.74. The van der Waals surface area contributed by atoms with Crippen LogP contribution in [0.25, 0.3) is 0 Å². The molecule has 0 fully saturated rings. The van der Waals surface area contributed by atoms with Crippen molar-refractivity contribution in [2.24, 2.45) is 5.84 Å². The van der Waals surface area contributed by atoms with Gasteiger partial charge in [0.05, 0.1) is 0 Å². The van der Waals surface area contributed by atoms with E-state index in [-0.39, 0.29) is 24.0 Å². The molecule has 2 N–H and O–H groups in total. The van der Waals surface area contributed by atoms with E-state index in [9.17, 15) is 0 Å². The van der Waals surface area contributed by atoms with Gasteiger partial charge < -0.3 is 24.0 Å². The highest BCUT2D eigenvalue weighted by Gasteiger charge is 2.16. The molecule has 0 aromatic heterocycles. The molecule has 0 aliphatic carbocycles. The van der Waals surface area contributed by atoms with Crippen LogP contribution in [0.3, 0.4) is 0 Å². The number of halogens is 1. The summed E-state index contributed by atoms with van der Waals surface area (Å²) in [4.78, 5) is 0. The van der Waals surface area contributed by atoms with E-state index in [1.807, 2.05) is 18.2 Å². The van der Waals surface area contributed by atoms with Gasteiger partial charge in [-0.25, -0.2) is 4.59 Å². The Balaban J connectivity index is 0. The summed E-state index contributed by atoms with van der Waals surface area (Å²) in [5, 5.41) is 0. The lowest BCUT2D eigenvalue weighted by Crippen LogP contribution is -3.00. The van der Waals surface area contributed by atoms with Crippen LogP contribution < -0.4 is 29.8 Å². The summed E-state index contributed by atoms with van der Waals surface area (Å²) in [5.74, 6) is 5.95. The number of nitrogens with two attached hydrogens (primary N) is 1. The first kappa shape index (κ1) is 14.4. The lowest BCUT2D eigenvalue weighted by Gasteiger charge is -2.29. The third-order valence-corrected chi connectivity index (χ3v) is 1.48. The Hall–Kier alpha value is -0.130. The van der Waals surface area contributed by atoms with Gasteiger partial charge >= 0.3 is 0 Å². The van der Waals surface area contributed by atoms with Gasteiger partial charge in [0, 0.05) is 0 Å². The van der Waals surface area contributed by atoms with Gasteiger partial charge in [0.1, 0.15) is 19.6 Å². The summed E-state index contributed by atoms with van der Waals surface area (Å²) in [6.07, 6.45) is 5.44. The molecule has 0 aliphatic heterocycles. The second-order valence-corrected chi connectivity index (χ2v) is 2.63. The molecule has 0 unspecified atom stereocenters. The topological polar surface area (TPSA) is 26.0 Å². The lowest BCUT2D eigenvalue weighted by atomic mass is 10.4. The monoisotopic (exact) mass is 280 g/mol. The van der Waals surface area contributed by atoms with Crippen LogP contribution in [-0.4, -0.2) is 24.2 Å². The maximum atomic E-state index is 5.95. The van der Waals surface area contributed by atoms with Crippen molar-refractivity contribution in [2.75, 3.05) is 19.6 Å². The Labute approximate surface area is 92.0 Å². The van der Waals surface area contributed by atoms with Crippen molar-refractivity contribution in [3.8, 4) is 0 Å². The Bertz CT molecular complexity index is 128. The van der Waals surface area contributed by atoms with Crippen LogP contribution in [0.4, 0.5) is 0 Å². The molecule has 0 rings (SSSR count). The second-order valence-electron chi connectivity index (χ2n) is 2.63. The molecule has 12 heavy (non-hydrogen) atoms. The predicted molar refractivity (Wildman–Crippen MR) is 49.6 cm³/mol. The number of nitrogens with zero attached hydrogens (tertiary/aromatic N) is 1. The zero-order chi connectivity index (χ0) is 8.74. The Morgan fingerprint density at radius 3 is 1.33 bits per heavy atom. The molecule has 0 atom stereocenters. The Kier molecular flexibility index (Phi) is 9.02. The summed E-state index contributed by atoms with van der Waals surface area (Å²) < 4.78 is 0.427. The summed E-state index contributed by atoms with van der Waals surface area (Å²) in [7, 11) is 0. The van der Waals surface area contributed by atoms with E-state index in [2.05, 4.69) is 19.7 Å². The molecule has 2 nitrogen and oxygen atoms in total. The molecule has 0 amide bonds. The molecule has 0 aliphatic rings. The Morgan fingerprint density at radius 2 is 1.17 bits per heavy atom. The molecule has 3 heteroatoms. The standard InChI is InChI=1S/C9H17N2.HI/c1-4-7-11(10,8-5-2)9-6-3;/h4-6H,1-3,7-10H2;1H/q+1;/p-1. The smallest absolute Gasteiger partial charge is 0.115 e. The largest absolute Gasteiger partial charge is 1.00 e. The quantitative estimate of drug-likeness (QED) is 0.201.